The molecule has 1 aliphatic carbocycles. The van der Waals surface area contributed by atoms with Gasteiger partial charge in [0.15, 0.2) is 0 Å². The fourth-order valence-corrected chi connectivity index (χ4v) is 3.57. The molecule has 0 spiro atoms. The van der Waals surface area contributed by atoms with E-state index in [1.165, 1.54) is 0 Å². The second-order valence-electron chi connectivity index (χ2n) is 6.69. The minimum atomic E-state index is -0.825. The summed E-state index contributed by atoms with van der Waals surface area (Å²) in [6, 6.07) is 0. The molecule has 0 aromatic carbocycles. The number of carbonyl (C=O) groups excluding carboxylic acids is 1. The maximum absolute atomic E-state index is 12.6. The second kappa shape index (κ2) is 8.64. The van der Waals surface area contributed by atoms with Crippen molar-refractivity contribution in [3.8, 4) is 0 Å². The van der Waals surface area contributed by atoms with Crippen molar-refractivity contribution >= 4 is 11.9 Å². The van der Waals surface area contributed by atoms with E-state index in [0.29, 0.717) is 26.4 Å². The number of carboxylic acids is 1. The third-order valence-corrected chi connectivity index (χ3v) is 5.36. The molecule has 2 N–H and O–H groups in total. The molecule has 1 atom stereocenters. The monoisotopic (exact) mass is 327 g/mol. The van der Waals surface area contributed by atoms with Gasteiger partial charge in [-0.25, -0.2) is 0 Å². The molecule has 1 aliphatic heterocycles. The Morgan fingerprint density at radius 2 is 2.04 bits per heavy atom. The van der Waals surface area contributed by atoms with Crippen LogP contribution in [0, 0.1) is 17.3 Å². The van der Waals surface area contributed by atoms with Crippen LogP contribution < -0.4 is 5.32 Å². The zero-order chi connectivity index (χ0) is 16.7. The number of carboxylic acid groups (broad SMARTS) is 1. The Bertz CT molecular complexity index is 402. The Balaban J connectivity index is 1.86. The number of carbonyl (C=O) groups is 2. The van der Waals surface area contributed by atoms with Gasteiger partial charge in [0.05, 0.1) is 11.3 Å². The summed E-state index contributed by atoms with van der Waals surface area (Å²) in [6.07, 6.45) is 5.04. The van der Waals surface area contributed by atoms with E-state index >= 15 is 0 Å². The second-order valence-corrected chi connectivity index (χ2v) is 6.69. The molecule has 2 aliphatic rings. The number of hydrogen-bond donors (Lipinski definition) is 2. The molecule has 132 valence electrons. The van der Waals surface area contributed by atoms with Crippen molar-refractivity contribution in [1.82, 2.24) is 5.32 Å². The first-order valence-electron chi connectivity index (χ1n) is 8.75. The largest absolute Gasteiger partial charge is 0.481 e. The van der Waals surface area contributed by atoms with Crippen LogP contribution in [0.4, 0.5) is 0 Å². The van der Waals surface area contributed by atoms with Crippen LogP contribution in [0.1, 0.15) is 45.4 Å². The quantitative estimate of drug-likeness (QED) is 0.631. The topological polar surface area (TPSA) is 84.9 Å². The predicted octanol–water partition coefficient (Wildman–Crippen LogP) is 1.83. The Morgan fingerprint density at radius 1 is 1.35 bits per heavy atom. The van der Waals surface area contributed by atoms with Crippen molar-refractivity contribution < 1.29 is 24.2 Å². The number of aliphatic carboxylic acids is 1. The van der Waals surface area contributed by atoms with Crippen molar-refractivity contribution in [1.29, 1.82) is 0 Å². The van der Waals surface area contributed by atoms with E-state index in [-0.39, 0.29) is 23.8 Å². The summed E-state index contributed by atoms with van der Waals surface area (Å²) in [5.74, 6) is -1.26. The van der Waals surface area contributed by atoms with E-state index < -0.39 is 11.9 Å². The zero-order valence-corrected chi connectivity index (χ0v) is 14.0. The first kappa shape index (κ1) is 18.2. The maximum Gasteiger partial charge on any atom is 0.308 e. The first-order chi connectivity index (χ1) is 11.1. The van der Waals surface area contributed by atoms with E-state index in [0.717, 1.165) is 38.5 Å². The van der Waals surface area contributed by atoms with Gasteiger partial charge in [-0.2, -0.15) is 0 Å². The van der Waals surface area contributed by atoms with Gasteiger partial charge in [-0.15, -0.1) is 0 Å². The number of ether oxygens (including phenoxy) is 2. The van der Waals surface area contributed by atoms with Gasteiger partial charge >= 0.3 is 5.97 Å². The van der Waals surface area contributed by atoms with Gasteiger partial charge in [0, 0.05) is 33.0 Å². The lowest BCUT2D eigenvalue weighted by atomic mass is 9.66. The molecule has 1 saturated heterocycles. The van der Waals surface area contributed by atoms with Gasteiger partial charge in [-0.05, 0) is 44.9 Å². The summed E-state index contributed by atoms with van der Waals surface area (Å²) in [5.41, 5.74) is -0.339. The van der Waals surface area contributed by atoms with Gasteiger partial charge in [0.1, 0.15) is 0 Å². The van der Waals surface area contributed by atoms with Gasteiger partial charge < -0.3 is 19.9 Å². The lowest BCUT2D eigenvalue weighted by molar-refractivity contribution is -0.145. The molecule has 6 heteroatoms. The van der Waals surface area contributed by atoms with Crippen LogP contribution in [0.15, 0.2) is 0 Å². The average Bonchev–Trinajstić information content (AvgIpc) is 2.50. The fourth-order valence-electron chi connectivity index (χ4n) is 3.57. The number of rotatable bonds is 9. The molecule has 0 radical (unpaired) electrons. The molecular weight excluding hydrogens is 298 g/mol. The highest BCUT2D eigenvalue weighted by atomic mass is 16.5. The molecule has 2 fully saturated rings. The van der Waals surface area contributed by atoms with Gasteiger partial charge in [0.2, 0.25) is 5.91 Å². The molecule has 1 heterocycles. The normalized spacial score (nSPS) is 22.1. The van der Waals surface area contributed by atoms with Crippen LogP contribution >= 0.6 is 0 Å². The van der Waals surface area contributed by atoms with Crippen molar-refractivity contribution in [2.75, 3.05) is 33.0 Å². The van der Waals surface area contributed by atoms with Gasteiger partial charge in [0.25, 0.3) is 0 Å². The van der Waals surface area contributed by atoms with E-state index in [1.54, 1.807) is 0 Å². The van der Waals surface area contributed by atoms with Crippen LogP contribution in [0.2, 0.25) is 0 Å². The highest BCUT2D eigenvalue weighted by Crippen LogP contribution is 2.44. The van der Waals surface area contributed by atoms with Crippen LogP contribution in [0.5, 0.6) is 0 Å². The summed E-state index contributed by atoms with van der Waals surface area (Å²) in [7, 11) is 0. The van der Waals surface area contributed by atoms with E-state index in [1.807, 2.05) is 6.92 Å². The van der Waals surface area contributed by atoms with Crippen LogP contribution in [-0.4, -0.2) is 50.0 Å². The van der Waals surface area contributed by atoms with Crippen molar-refractivity contribution in [3.05, 3.63) is 0 Å². The highest BCUT2D eigenvalue weighted by molar-refractivity contribution is 5.84. The summed E-state index contributed by atoms with van der Waals surface area (Å²) in [4.78, 5) is 24.1. The summed E-state index contributed by atoms with van der Waals surface area (Å²) in [5, 5.41) is 12.4. The fraction of sp³-hybridized carbons (Fsp3) is 0.882. The molecule has 2 rings (SSSR count). The number of nitrogens with one attached hydrogen (secondary N) is 1. The van der Waals surface area contributed by atoms with E-state index in [9.17, 15) is 14.7 Å². The molecular formula is C17H29NO5. The average molecular weight is 327 g/mol. The Labute approximate surface area is 137 Å². The molecule has 1 unspecified atom stereocenters. The number of amides is 1. The van der Waals surface area contributed by atoms with Crippen molar-refractivity contribution in [2.45, 2.75) is 45.4 Å². The minimum Gasteiger partial charge on any atom is -0.481 e. The van der Waals surface area contributed by atoms with E-state index in [2.05, 4.69) is 5.32 Å². The highest BCUT2D eigenvalue weighted by Gasteiger charge is 2.44. The summed E-state index contributed by atoms with van der Waals surface area (Å²) >= 11 is 0. The number of hydrogen-bond acceptors (Lipinski definition) is 4. The Kier molecular flexibility index (Phi) is 6.84. The van der Waals surface area contributed by atoms with Crippen molar-refractivity contribution in [2.24, 2.45) is 17.3 Å². The molecule has 6 nitrogen and oxygen atoms in total. The van der Waals surface area contributed by atoms with Crippen molar-refractivity contribution in [3.63, 3.8) is 0 Å². The zero-order valence-electron chi connectivity index (χ0n) is 14.0. The maximum atomic E-state index is 12.6. The minimum absolute atomic E-state index is 0.00163. The smallest absolute Gasteiger partial charge is 0.308 e. The standard InChI is InChI=1S/C17H29NO5/c1-2-22-11-8-17(6-3-7-17)16(21)18-12-14(15(19)20)13-4-9-23-10-5-13/h13-14H,2-12H2,1H3,(H,18,21)(H,19,20). The molecule has 1 saturated carbocycles. The van der Waals surface area contributed by atoms with Crippen LogP contribution in [0.3, 0.4) is 0 Å². The van der Waals surface area contributed by atoms with Crippen LogP contribution in [0.25, 0.3) is 0 Å². The molecule has 1 amide bonds. The molecule has 0 bridgehead atoms. The SMILES string of the molecule is CCOCCC1(C(=O)NCC(C(=O)O)C2CCOCC2)CCC1. The van der Waals surface area contributed by atoms with Crippen LogP contribution in [-0.2, 0) is 19.1 Å². The third-order valence-electron chi connectivity index (χ3n) is 5.36. The molecule has 0 aromatic heterocycles. The first-order valence-corrected chi connectivity index (χ1v) is 8.75. The molecule has 23 heavy (non-hydrogen) atoms. The lowest BCUT2D eigenvalue weighted by Gasteiger charge is -2.40. The lowest BCUT2D eigenvalue weighted by Crippen LogP contribution is -2.49. The third kappa shape index (κ3) is 4.67. The summed E-state index contributed by atoms with van der Waals surface area (Å²) < 4.78 is 10.7. The van der Waals surface area contributed by atoms with Gasteiger partial charge in [-0.1, -0.05) is 6.42 Å². The molecule has 0 aromatic rings. The summed E-state index contributed by atoms with van der Waals surface area (Å²) in [6.45, 7) is 4.63. The van der Waals surface area contributed by atoms with Gasteiger partial charge in [-0.3, -0.25) is 9.59 Å². The van der Waals surface area contributed by atoms with E-state index in [4.69, 9.17) is 9.47 Å². The Hall–Kier alpha value is -1.14. The predicted molar refractivity (Wildman–Crippen MR) is 85.1 cm³/mol. The Morgan fingerprint density at radius 3 is 2.57 bits per heavy atom.